The highest BCUT2D eigenvalue weighted by molar-refractivity contribution is 5.89. The molecule has 0 aromatic heterocycles. The Kier molecular flexibility index (Phi) is 8.94. The maximum atomic E-state index is 2.62. The Bertz CT molecular complexity index is 1820. The van der Waals surface area contributed by atoms with Crippen LogP contribution in [0.4, 0.5) is 0 Å². The minimum Gasteiger partial charge on any atom is -0.0642 e. The first-order chi connectivity index (χ1) is 24.2. The number of hydrogen-bond acceptors (Lipinski definition) is 0. The Morgan fingerprint density at radius 2 is 0.480 bits per heavy atom. The number of fused-ring (bicyclic) bond motifs is 2. The summed E-state index contributed by atoms with van der Waals surface area (Å²) in [6, 6.07) is 47.1. The first-order valence-corrected chi connectivity index (χ1v) is 18.8. The Hall–Kier alpha value is -4.68. The van der Waals surface area contributed by atoms with E-state index in [4.69, 9.17) is 0 Å². The third-order valence-corrected chi connectivity index (χ3v) is 12.2. The van der Waals surface area contributed by atoms with Crippen LogP contribution in [0.3, 0.4) is 0 Å². The van der Waals surface area contributed by atoms with Crippen molar-refractivity contribution in [3.8, 4) is 44.5 Å². The molecule has 0 heteroatoms. The van der Waals surface area contributed by atoms with E-state index in [9.17, 15) is 0 Å². The topological polar surface area (TPSA) is 0 Å². The van der Waals surface area contributed by atoms with Gasteiger partial charge in [-0.05, 0) is 144 Å². The van der Waals surface area contributed by atoms with Crippen molar-refractivity contribution < 1.29 is 0 Å². The largest absolute Gasteiger partial charge is 0.0642 e. The molecule has 252 valence electrons. The van der Waals surface area contributed by atoms with Crippen molar-refractivity contribution in [2.45, 2.75) is 91.9 Å². The molecule has 0 atom stereocenters. The average molecular weight is 653 g/mol. The van der Waals surface area contributed by atoms with Gasteiger partial charge >= 0.3 is 0 Å². The fourth-order valence-electron chi connectivity index (χ4n) is 8.98. The van der Waals surface area contributed by atoms with Crippen LogP contribution in [0.2, 0.25) is 0 Å². The fourth-order valence-corrected chi connectivity index (χ4v) is 8.98. The van der Waals surface area contributed by atoms with Gasteiger partial charge in [0.15, 0.2) is 0 Å². The number of rotatable bonds is 8. The molecule has 6 aromatic carbocycles. The summed E-state index contributed by atoms with van der Waals surface area (Å²) >= 11 is 0. The summed E-state index contributed by atoms with van der Waals surface area (Å²) in [5.41, 5.74) is 21.5. The minimum absolute atomic E-state index is 0.116. The van der Waals surface area contributed by atoms with Crippen molar-refractivity contribution in [2.75, 3.05) is 0 Å². The van der Waals surface area contributed by atoms with Crippen molar-refractivity contribution in [3.63, 3.8) is 0 Å². The first-order valence-electron chi connectivity index (χ1n) is 18.8. The molecule has 0 radical (unpaired) electrons. The summed E-state index contributed by atoms with van der Waals surface area (Å²) in [5, 5.41) is 0. The highest BCUT2D eigenvalue weighted by Crippen LogP contribution is 2.59. The summed E-state index contributed by atoms with van der Waals surface area (Å²) in [6.07, 6.45) is 4.17. The van der Waals surface area contributed by atoms with Gasteiger partial charge in [0.05, 0.1) is 0 Å². The van der Waals surface area contributed by atoms with E-state index in [-0.39, 0.29) is 10.8 Å². The van der Waals surface area contributed by atoms with Crippen LogP contribution < -0.4 is 0 Å². The third-order valence-electron chi connectivity index (χ3n) is 12.2. The number of aryl methyl sites for hydroxylation is 4. The van der Waals surface area contributed by atoms with Crippen molar-refractivity contribution in [3.05, 3.63) is 166 Å². The zero-order valence-electron chi connectivity index (χ0n) is 31.4. The molecule has 0 saturated carbocycles. The third kappa shape index (κ3) is 5.45. The van der Waals surface area contributed by atoms with Gasteiger partial charge in [-0.1, -0.05) is 147 Å². The molecule has 7 rings (SSSR count). The molecule has 0 amide bonds. The molecule has 0 spiro atoms. The lowest BCUT2D eigenvalue weighted by Gasteiger charge is -2.50. The van der Waals surface area contributed by atoms with Gasteiger partial charge in [0.25, 0.3) is 0 Å². The molecule has 0 unspecified atom stereocenters. The summed E-state index contributed by atoms with van der Waals surface area (Å²) in [7, 11) is 0. The molecule has 1 aliphatic rings. The van der Waals surface area contributed by atoms with E-state index in [0.29, 0.717) is 0 Å². The maximum Gasteiger partial charge on any atom is 0.0204 e. The molecule has 6 aromatic rings. The van der Waals surface area contributed by atoms with Crippen molar-refractivity contribution in [2.24, 2.45) is 0 Å². The molecule has 1 aliphatic carbocycles. The van der Waals surface area contributed by atoms with Crippen LogP contribution in [-0.2, 0) is 10.8 Å². The summed E-state index contributed by atoms with van der Waals surface area (Å²) < 4.78 is 0. The van der Waals surface area contributed by atoms with Gasteiger partial charge in [0.2, 0.25) is 0 Å². The Morgan fingerprint density at radius 1 is 0.300 bits per heavy atom. The van der Waals surface area contributed by atoms with Gasteiger partial charge in [0, 0.05) is 10.8 Å². The molecular formula is C50H52. The normalized spacial score (nSPS) is 14.2. The number of benzene rings is 6. The quantitative estimate of drug-likeness (QED) is 0.153. The molecule has 0 N–H and O–H groups in total. The van der Waals surface area contributed by atoms with Crippen LogP contribution in [0.15, 0.2) is 121 Å². The SMILES string of the molecule is CCC1(CC)c2cc(-c3ccc(C)cc3)c(-c3ccc(C)cc3)cc2C(CC)(CC)c2cc(-c3ccc(C)cc3)c(-c3ccc(C)cc3)cc21. The predicted octanol–water partition coefficient (Wildman–Crippen LogP) is 14.1. The Balaban J connectivity index is 1.61. The Morgan fingerprint density at radius 3 is 0.640 bits per heavy atom. The van der Waals surface area contributed by atoms with Crippen molar-refractivity contribution >= 4 is 0 Å². The minimum atomic E-state index is -0.116. The Labute approximate surface area is 301 Å². The van der Waals surface area contributed by atoms with Crippen LogP contribution in [0.1, 0.15) is 97.9 Å². The molecule has 0 bridgehead atoms. The van der Waals surface area contributed by atoms with E-state index in [0.717, 1.165) is 25.7 Å². The van der Waals surface area contributed by atoms with Gasteiger partial charge in [-0.15, -0.1) is 0 Å². The average Bonchev–Trinajstić information content (AvgIpc) is 3.14. The van der Waals surface area contributed by atoms with Crippen molar-refractivity contribution in [1.82, 2.24) is 0 Å². The van der Waals surface area contributed by atoms with Crippen LogP contribution >= 0.6 is 0 Å². The van der Waals surface area contributed by atoms with E-state index >= 15 is 0 Å². The van der Waals surface area contributed by atoms with Gasteiger partial charge in [-0.25, -0.2) is 0 Å². The van der Waals surface area contributed by atoms with Crippen LogP contribution in [0.25, 0.3) is 44.5 Å². The second-order valence-corrected chi connectivity index (χ2v) is 14.9. The zero-order valence-corrected chi connectivity index (χ0v) is 31.4. The van der Waals surface area contributed by atoms with Gasteiger partial charge in [-0.2, -0.15) is 0 Å². The monoisotopic (exact) mass is 652 g/mol. The number of hydrogen-bond donors (Lipinski definition) is 0. The molecule has 50 heavy (non-hydrogen) atoms. The first kappa shape index (κ1) is 33.8. The van der Waals surface area contributed by atoms with E-state index in [1.54, 1.807) is 0 Å². The predicted molar refractivity (Wildman–Crippen MR) is 216 cm³/mol. The zero-order chi connectivity index (χ0) is 35.2. The molecular weight excluding hydrogens is 601 g/mol. The van der Waals surface area contributed by atoms with Gasteiger partial charge in [0.1, 0.15) is 0 Å². The summed E-state index contributed by atoms with van der Waals surface area (Å²) in [4.78, 5) is 0. The molecule has 0 aliphatic heterocycles. The second-order valence-electron chi connectivity index (χ2n) is 14.9. The van der Waals surface area contributed by atoms with Gasteiger partial charge < -0.3 is 0 Å². The lowest BCUT2D eigenvalue weighted by molar-refractivity contribution is 0.388. The lowest BCUT2D eigenvalue weighted by Crippen LogP contribution is -2.42. The van der Waals surface area contributed by atoms with E-state index in [1.165, 1.54) is 89.0 Å². The van der Waals surface area contributed by atoms with E-state index in [2.05, 4.69) is 177 Å². The van der Waals surface area contributed by atoms with Crippen LogP contribution in [-0.4, -0.2) is 0 Å². The maximum absolute atomic E-state index is 2.62. The standard InChI is InChI=1S/C50H52/c1-9-49(10-2)45-29-41(37-21-13-33(5)14-22-37)43(39-25-17-35(7)18-26-39)31-47(45)50(11-3,12-4)48-32-44(40-27-19-36(8)20-28-40)42(30-46(48)49)38-23-15-34(6)16-24-38/h13-32H,9-12H2,1-8H3. The smallest absolute Gasteiger partial charge is 0.0204 e. The molecule has 0 nitrogen and oxygen atoms in total. The van der Waals surface area contributed by atoms with Crippen LogP contribution in [0, 0.1) is 27.7 Å². The highest BCUT2D eigenvalue weighted by atomic mass is 14.5. The summed E-state index contributed by atoms with van der Waals surface area (Å²) in [5.74, 6) is 0. The van der Waals surface area contributed by atoms with Gasteiger partial charge in [-0.3, -0.25) is 0 Å². The van der Waals surface area contributed by atoms with E-state index in [1.807, 2.05) is 0 Å². The fraction of sp³-hybridized carbons (Fsp3) is 0.280. The van der Waals surface area contributed by atoms with Crippen molar-refractivity contribution in [1.29, 1.82) is 0 Å². The molecule has 0 heterocycles. The lowest BCUT2D eigenvalue weighted by atomic mass is 9.53. The second kappa shape index (κ2) is 13.2. The highest BCUT2D eigenvalue weighted by Gasteiger charge is 2.48. The van der Waals surface area contributed by atoms with E-state index < -0.39 is 0 Å². The molecule has 0 saturated heterocycles. The molecule has 0 fully saturated rings. The summed E-state index contributed by atoms with van der Waals surface area (Å²) in [6.45, 7) is 18.4. The van der Waals surface area contributed by atoms with Crippen LogP contribution in [0.5, 0.6) is 0 Å².